The third-order valence-corrected chi connectivity index (χ3v) is 4.92. The molecule has 0 fully saturated rings. The standard InChI is InChI=1S/C16H27BrN2O/c1-4-5-6-7-8-9-10-11-12-19-14(3)15(17)13(2)18-16(19)20/h4-12H2,1-3H3. The smallest absolute Gasteiger partial charge is 0.295 e. The van der Waals surface area contributed by atoms with Gasteiger partial charge in [0, 0.05) is 12.2 Å². The Balaban J connectivity index is 2.33. The molecule has 0 saturated carbocycles. The Kier molecular flexibility index (Phi) is 8.12. The molecule has 0 N–H and O–H groups in total. The van der Waals surface area contributed by atoms with E-state index in [1.54, 1.807) is 4.57 Å². The van der Waals surface area contributed by atoms with Crippen LogP contribution in [0.15, 0.2) is 9.27 Å². The van der Waals surface area contributed by atoms with Crippen molar-refractivity contribution in [2.24, 2.45) is 0 Å². The fourth-order valence-corrected chi connectivity index (χ4v) is 2.75. The molecule has 1 rings (SSSR count). The van der Waals surface area contributed by atoms with Gasteiger partial charge in [-0.3, -0.25) is 4.57 Å². The summed E-state index contributed by atoms with van der Waals surface area (Å²) in [6.45, 7) is 6.86. The number of aryl methyl sites for hydroxylation is 1. The van der Waals surface area contributed by atoms with E-state index in [9.17, 15) is 4.79 Å². The van der Waals surface area contributed by atoms with E-state index >= 15 is 0 Å². The summed E-state index contributed by atoms with van der Waals surface area (Å²) < 4.78 is 2.74. The van der Waals surface area contributed by atoms with Gasteiger partial charge in [0.15, 0.2) is 0 Å². The van der Waals surface area contributed by atoms with Crippen LogP contribution in [0.3, 0.4) is 0 Å². The van der Waals surface area contributed by atoms with Crippen LogP contribution in [0.4, 0.5) is 0 Å². The quantitative estimate of drug-likeness (QED) is 0.606. The second kappa shape index (κ2) is 9.32. The zero-order valence-corrected chi connectivity index (χ0v) is 14.6. The number of hydrogen-bond donors (Lipinski definition) is 0. The third kappa shape index (κ3) is 5.39. The molecule has 20 heavy (non-hydrogen) atoms. The van der Waals surface area contributed by atoms with Crippen LogP contribution in [0.1, 0.15) is 69.7 Å². The molecular weight excluding hydrogens is 316 g/mol. The van der Waals surface area contributed by atoms with Gasteiger partial charge in [0.25, 0.3) is 0 Å². The topological polar surface area (TPSA) is 34.9 Å². The summed E-state index contributed by atoms with van der Waals surface area (Å²) in [6, 6.07) is 0. The Hall–Kier alpha value is -0.640. The van der Waals surface area contributed by atoms with Crippen LogP contribution >= 0.6 is 15.9 Å². The summed E-state index contributed by atoms with van der Waals surface area (Å²) in [5.41, 5.74) is 1.65. The Morgan fingerprint density at radius 3 is 2.15 bits per heavy atom. The van der Waals surface area contributed by atoms with Crippen molar-refractivity contribution in [2.75, 3.05) is 0 Å². The maximum Gasteiger partial charge on any atom is 0.348 e. The zero-order valence-electron chi connectivity index (χ0n) is 13.0. The van der Waals surface area contributed by atoms with Crippen LogP contribution in [0, 0.1) is 13.8 Å². The minimum absolute atomic E-state index is 0.119. The van der Waals surface area contributed by atoms with Crippen molar-refractivity contribution in [3.8, 4) is 0 Å². The predicted molar refractivity (Wildman–Crippen MR) is 88.3 cm³/mol. The first-order valence-electron chi connectivity index (χ1n) is 7.81. The van der Waals surface area contributed by atoms with Crippen molar-refractivity contribution in [3.05, 3.63) is 26.3 Å². The predicted octanol–water partition coefficient (Wildman–Crippen LogP) is 4.76. The molecule has 0 radical (unpaired) electrons. The van der Waals surface area contributed by atoms with E-state index in [4.69, 9.17) is 0 Å². The van der Waals surface area contributed by atoms with Gasteiger partial charge in [-0.25, -0.2) is 4.79 Å². The van der Waals surface area contributed by atoms with E-state index in [0.717, 1.165) is 28.8 Å². The van der Waals surface area contributed by atoms with Crippen LogP contribution in [-0.2, 0) is 6.54 Å². The molecule has 1 aromatic rings. The second-order valence-corrected chi connectivity index (χ2v) is 6.30. The fraction of sp³-hybridized carbons (Fsp3) is 0.750. The number of halogens is 1. The largest absolute Gasteiger partial charge is 0.348 e. The summed E-state index contributed by atoms with van der Waals surface area (Å²) in [5.74, 6) is 0. The Labute approximate surface area is 130 Å². The number of unbranched alkanes of at least 4 members (excludes halogenated alkanes) is 7. The minimum atomic E-state index is -0.119. The van der Waals surface area contributed by atoms with Crippen molar-refractivity contribution in [2.45, 2.75) is 78.7 Å². The molecule has 0 saturated heterocycles. The van der Waals surface area contributed by atoms with Gasteiger partial charge in [0.2, 0.25) is 0 Å². The molecule has 0 aliphatic heterocycles. The van der Waals surface area contributed by atoms with Crippen molar-refractivity contribution in [3.63, 3.8) is 0 Å². The molecule has 0 aliphatic carbocycles. The molecule has 3 nitrogen and oxygen atoms in total. The van der Waals surface area contributed by atoms with Gasteiger partial charge in [-0.05, 0) is 36.2 Å². The Morgan fingerprint density at radius 1 is 1.00 bits per heavy atom. The summed E-state index contributed by atoms with van der Waals surface area (Å²) in [5, 5.41) is 0. The minimum Gasteiger partial charge on any atom is -0.295 e. The van der Waals surface area contributed by atoms with Crippen LogP contribution in [0.25, 0.3) is 0 Å². The molecule has 4 heteroatoms. The molecular formula is C16H27BrN2O. The maximum atomic E-state index is 11.9. The maximum absolute atomic E-state index is 11.9. The van der Waals surface area contributed by atoms with E-state index < -0.39 is 0 Å². The lowest BCUT2D eigenvalue weighted by atomic mass is 10.1. The van der Waals surface area contributed by atoms with Crippen molar-refractivity contribution < 1.29 is 0 Å². The number of rotatable bonds is 9. The highest BCUT2D eigenvalue weighted by Crippen LogP contribution is 2.17. The van der Waals surface area contributed by atoms with E-state index in [1.165, 1.54) is 44.9 Å². The van der Waals surface area contributed by atoms with Gasteiger partial charge in [-0.1, -0.05) is 51.9 Å². The molecule has 0 aliphatic rings. The van der Waals surface area contributed by atoms with Crippen molar-refractivity contribution >= 4 is 15.9 Å². The van der Waals surface area contributed by atoms with Gasteiger partial charge in [0.1, 0.15) is 0 Å². The average molecular weight is 343 g/mol. The van der Waals surface area contributed by atoms with E-state index in [2.05, 4.69) is 27.8 Å². The van der Waals surface area contributed by atoms with Crippen LogP contribution in [0.5, 0.6) is 0 Å². The first-order valence-corrected chi connectivity index (χ1v) is 8.60. The molecule has 1 aromatic heterocycles. The summed E-state index contributed by atoms with van der Waals surface area (Å²) in [6.07, 6.45) is 10.2. The fourth-order valence-electron chi connectivity index (χ4n) is 2.44. The SMILES string of the molecule is CCCCCCCCCCn1c(C)c(Br)c(C)nc1=O. The molecule has 0 atom stereocenters. The van der Waals surface area contributed by atoms with Gasteiger partial charge >= 0.3 is 5.69 Å². The normalized spacial score (nSPS) is 11.0. The van der Waals surface area contributed by atoms with E-state index in [1.807, 2.05) is 13.8 Å². The highest BCUT2D eigenvalue weighted by Gasteiger charge is 2.08. The number of hydrogen-bond acceptors (Lipinski definition) is 2. The van der Waals surface area contributed by atoms with Crippen molar-refractivity contribution in [1.29, 1.82) is 0 Å². The molecule has 1 heterocycles. The average Bonchev–Trinajstić information content (AvgIpc) is 2.42. The highest BCUT2D eigenvalue weighted by molar-refractivity contribution is 9.10. The molecule has 114 valence electrons. The first kappa shape index (κ1) is 17.4. The number of aromatic nitrogens is 2. The van der Waals surface area contributed by atoms with Crippen LogP contribution in [-0.4, -0.2) is 9.55 Å². The molecule has 0 amide bonds. The Morgan fingerprint density at radius 2 is 1.55 bits per heavy atom. The third-order valence-electron chi connectivity index (χ3n) is 3.77. The van der Waals surface area contributed by atoms with Crippen LogP contribution < -0.4 is 5.69 Å². The van der Waals surface area contributed by atoms with E-state index in [-0.39, 0.29) is 5.69 Å². The molecule has 0 unspecified atom stereocenters. The summed E-state index contributed by atoms with van der Waals surface area (Å²) >= 11 is 3.50. The molecule has 0 aromatic carbocycles. The Bertz CT molecular complexity index is 468. The first-order chi connectivity index (χ1) is 9.57. The second-order valence-electron chi connectivity index (χ2n) is 5.51. The van der Waals surface area contributed by atoms with Gasteiger partial charge < -0.3 is 0 Å². The summed E-state index contributed by atoms with van der Waals surface area (Å²) in [4.78, 5) is 15.9. The lowest BCUT2D eigenvalue weighted by Crippen LogP contribution is -2.26. The lowest BCUT2D eigenvalue weighted by molar-refractivity contribution is 0.525. The highest BCUT2D eigenvalue weighted by atomic mass is 79.9. The van der Waals surface area contributed by atoms with Gasteiger partial charge in [0.05, 0.1) is 10.2 Å². The number of nitrogens with zero attached hydrogens (tertiary/aromatic N) is 2. The van der Waals surface area contributed by atoms with Crippen LogP contribution in [0.2, 0.25) is 0 Å². The van der Waals surface area contributed by atoms with Gasteiger partial charge in [-0.2, -0.15) is 4.98 Å². The lowest BCUT2D eigenvalue weighted by Gasteiger charge is -2.11. The van der Waals surface area contributed by atoms with E-state index in [0.29, 0.717) is 0 Å². The molecule has 0 bridgehead atoms. The van der Waals surface area contributed by atoms with Crippen molar-refractivity contribution in [1.82, 2.24) is 9.55 Å². The molecule has 0 spiro atoms. The summed E-state index contributed by atoms with van der Waals surface area (Å²) in [7, 11) is 0. The monoisotopic (exact) mass is 342 g/mol. The van der Waals surface area contributed by atoms with Gasteiger partial charge in [-0.15, -0.1) is 0 Å². The zero-order chi connectivity index (χ0) is 15.0.